The van der Waals surface area contributed by atoms with E-state index in [0.29, 0.717) is 22.8 Å². The Hall–Kier alpha value is -3.39. The summed E-state index contributed by atoms with van der Waals surface area (Å²) in [6, 6.07) is 14.8. The highest BCUT2D eigenvalue weighted by Crippen LogP contribution is 2.36. The summed E-state index contributed by atoms with van der Waals surface area (Å²) >= 11 is 1.41. The SMILES string of the molecule is COC(=O)C[C@H](c1ccc(O)cc1)c1oc(CSc2ccccc2OC)cc(=O)c1O. The van der Waals surface area contributed by atoms with E-state index in [4.69, 9.17) is 13.9 Å². The van der Waals surface area contributed by atoms with Crippen LogP contribution in [0.25, 0.3) is 0 Å². The lowest BCUT2D eigenvalue weighted by Gasteiger charge is -2.17. The number of phenols is 1. The fourth-order valence-corrected chi connectivity index (χ4v) is 3.98. The van der Waals surface area contributed by atoms with Gasteiger partial charge in [-0.15, -0.1) is 11.8 Å². The van der Waals surface area contributed by atoms with Gasteiger partial charge in [-0.05, 0) is 29.8 Å². The van der Waals surface area contributed by atoms with Crippen LogP contribution in [-0.4, -0.2) is 30.4 Å². The second-order valence-electron chi connectivity index (χ2n) is 6.65. The van der Waals surface area contributed by atoms with Crippen LogP contribution in [0.2, 0.25) is 0 Å². The van der Waals surface area contributed by atoms with Crippen LogP contribution in [0.15, 0.2) is 68.7 Å². The number of para-hydroxylation sites is 1. The number of carbonyl (C=O) groups excluding carboxylic acids is 1. The Bertz CT molecular complexity index is 1110. The summed E-state index contributed by atoms with van der Waals surface area (Å²) in [5, 5.41) is 20.0. The van der Waals surface area contributed by atoms with Crippen molar-refractivity contribution in [3.05, 3.63) is 81.9 Å². The molecule has 0 aliphatic carbocycles. The van der Waals surface area contributed by atoms with E-state index in [0.717, 1.165) is 4.90 Å². The third-order valence-corrected chi connectivity index (χ3v) is 5.73. The van der Waals surface area contributed by atoms with Crippen molar-refractivity contribution in [2.24, 2.45) is 0 Å². The predicted molar refractivity (Wildman–Crippen MR) is 116 cm³/mol. The lowest BCUT2D eigenvalue weighted by Crippen LogP contribution is -2.14. The molecular formula is C23H22O7S. The first-order valence-electron chi connectivity index (χ1n) is 9.40. The van der Waals surface area contributed by atoms with Crippen LogP contribution in [0.1, 0.15) is 29.4 Å². The van der Waals surface area contributed by atoms with Gasteiger partial charge in [0.25, 0.3) is 0 Å². The van der Waals surface area contributed by atoms with Crippen LogP contribution >= 0.6 is 11.8 Å². The minimum absolute atomic E-state index is 0.0285. The van der Waals surface area contributed by atoms with Crippen LogP contribution in [-0.2, 0) is 15.3 Å². The largest absolute Gasteiger partial charge is 0.508 e. The summed E-state index contributed by atoms with van der Waals surface area (Å²) in [6.07, 6.45) is -0.152. The molecule has 3 rings (SSSR count). The summed E-state index contributed by atoms with van der Waals surface area (Å²) in [5.74, 6) is -0.501. The molecule has 2 aromatic carbocycles. The quantitative estimate of drug-likeness (QED) is 0.398. The number of aromatic hydroxyl groups is 2. The fraction of sp³-hybridized carbons (Fsp3) is 0.217. The van der Waals surface area contributed by atoms with E-state index in [1.807, 2.05) is 24.3 Å². The van der Waals surface area contributed by atoms with E-state index >= 15 is 0 Å². The monoisotopic (exact) mass is 442 g/mol. The molecule has 162 valence electrons. The van der Waals surface area contributed by atoms with Gasteiger partial charge in [0.1, 0.15) is 17.3 Å². The number of benzene rings is 2. The maximum Gasteiger partial charge on any atom is 0.306 e. The summed E-state index contributed by atoms with van der Waals surface area (Å²) in [5.41, 5.74) is -0.0262. The van der Waals surface area contributed by atoms with Gasteiger partial charge in [-0.25, -0.2) is 0 Å². The Labute approximate surface area is 183 Å². The van der Waals surface area contributed by atoms with Crippen LogP contribution in [0.3, 0.4) is 0 Å². The standard InChI is InChI=1S/C23H22O7S/c1-28-19-5-3-4-6-20(19)31-13-16-11-18(25)22(27)23(30-16)17(12-21(26)29-2)14-7-9-15(24)10-8-14/h3-11,17,24,27H,12-13H2,1-2H3/t17-/m1/s1. The van der Waals surface area contributed by atoms with Crippen molar-refractivity contribution in [1.29, 1.82) is 0 Å². The molecule has 1 heterocycles. The third kappa shape index (κ3) is 5.40. The topological polar surface area (TPSA) is 106 Å². The second kappa shape index (κ2) is 10.1. The highest BCUT2D eigenvalue weighted by molar-refractivity contribution is 7.98. The maximum absolute atomic E-state index is 12.4. The molecule has 0 fully saturated rings. The average molecular weight is 442 g/mol. The molecule has 0 amide bonds. The molecule has 8 heteroatoms. The molecule has 0 spiro atoms. The van der Waals surface area contributed by atoms with Gasteiger partial charge in [0.05, 0.1) is 32.3 Å². The zero-order valence-corrected chi connectivity index (χ0v) is 17.8. The Balaban J connectivity index is 1.97. The van der Waals surface area contributed by atoms with Crippen LogP contribution < -0.4 is 10.2 Å². The van der Waals surface area contributed by atoms with Gasteiger partial charge in [0.15, 0.2) is 5.76 Å². The van der Waals surface area contributed by atoms with E-state index in [1.54, 1.807) is 19.2 Å². The van der Waals surface area contributed by atoms with Crippen molar-refractivity contribution < 1.29 is 28.9 Å². The number of hydrogen-bond acceptors (Lipinski definition) is 8. The van der Waals surface area contributed by atoms with E-state index in [2.05, 4.69) is 0 Å². The Morgan fingerprint density at radius 1 is 1.10 bits per heavy atom. The van der Waals surface area contributed by atoms with Crippen molar-refractivity contribution in [3.63, 3.8) is 0 Å². The summed E-state index contributed by atoms with van der Waals surface area (Å²) in [6.45, 7) is 0. The van der Waals surface area contributed by atoms with E-state index in [9.17, 15) is 19.8 Å². The van der Waals surface area contributed by atoms with Crippen molar-refractivity contribution >= 4 is 17.7 Å². The van der Waals surface area contributed by atoms with Gasteiger partial charge >= 0.3 is 5.97 Å². The highest BCUT2D eigenvalue weighted by Gasteiger charge is 2.26. The number of carbonyl (C=O) groups is 1. The summed E-state index contributed by atoms with van der Waals surface area (Å²) in [4.78, 5) is 25.3. The smallest absolute Gasteiger partial charge is 0.306 e. The minimum atomic E-state index is -0.767. The number of ether oxygens (including phenoxy) is 2. The molecule has 0 aliphatic rings. The summed E-state index contributed by atoms with van der Waals surface area (Å²) < 4.78 is 16.0. The number of rotatable bonds is 8. The number of methoxy groups -OCH3 is 2. The number of thioether (sulfide) groups is 1. The third-order valence-electron chi connectivity index (χ3n) is 4.65. The lowest BCUT2D eigenvalue weighted by molar-refractivity contribution is -0.140. The first-order valence-corrected chi connectivity index (χ1v) is 10.4. The maximum atomic E-state index is 12.4. The van der Waals surface area contributed by atoms with Crippen molar-refractivity contribution in [2.75, 3.05) is 14.2 Å². The van der Waals surface area contributed by atoms with E-state index in [1.165, 1.54) is 37.1 Å². The average Bonchev–Trinajstić information content (AvgIpc) is 2.79. The fourth-order valence-electron chi connectivity index (χ4n) is 3.07. The Kier molecular flexibility index (Phi) is 7.25. The first-order chi connectivity index (χ1) is 14.9. The normalized spacial score (nSPS) is 11.7. The molecule has 0 saturated heterocycles. The van der Waals surface area contributed by atoms with Gasteiger partial charge in [-0.1, -0.05) is 24.3 Å². The van der Waals surface area contributed by atoms with Gasteiger partial charge in [0.2, 0.25) is 11.2 Å². The van der Waals surface area contributed by atoms with E-state index in [-0.39, 0.29) is 17.9 Å². The predicted octanol–water partition coefficient (Wildman–Crippen LogP) is 4.05. The van der Waals surface area contributed by atoms with Gasteiger partial charge < -0.3 is 24.1 Å². The molecule has 3 aromatic rings. The Morgan fingerprint density at radius 3 is 2.48 bits per heavy atom. The van der Waals surface area contributed by atoms with Crippen molar-refractivity contribution in [1.82, 2.24) is 0 Å². The molecule has 2 N–H and O–H groups in total. The van der Waals surface area contributed by atoms with Crippen LogP contribution in [0.5, 0.6) is 17.2 Å². The molecule has 0 bridgehead atoms. The molecule has 1 atom stereocenters. The molecule has 0 unspecified atom stereocenters. The van der Waals surface area contributed by atoms with Gasteiger partial charge in [0, 0.05) is 11.0 Å². The molecule has 0 aliphatic heterocycles. The van der Waals surface area contributed by atoms with Crippen molar-refractivity contribution in [2.45, 2.75) is 23.0 Å². The number of hydrogen-bond donors (Lipinski definition) is 2. The first kappa shape index (κ1) is 22.3. The zero-order chi connectivity index (χ0) is 22.4. The van der Waals surface area contributed by atoms with Crippen LogP contribution in [0.4, 0.5) is 0 Å². The van der Waals surface area contributed by atoms with Gasteiger partial charge in [-0.3, -0.25) is 9.59 Å². The zero-order valence-electron chi connectivity index (χ0n) is 17.0. The summed E-state index contributed by atoms with van der Waals surface area (Å²) in [7, 11) is 2.83. The highest BCUT2D eigenvalue weighted by atomic mass is 32.2. The molecule has 7 nitrogen and oxygen atoms in total. The second-order valence-corrected chi connectivity index (χ2v) is 7.67. The molecular weight excluding hydrogens is 420 g/mol. The number of phenolic OH excluding ortho intramolecular Hbond substituents is 1. The van der Waals surface area contributed by atoms with Crippen LogP contribution in [0, 0.1) is 0 Å². The molecule has 31 heavy (non-hydrogen) atoms. The van der Waals surface area contributed by atoms with Gasteiger partial charge in [-0.2, -0.15) is 0 Å². The lowest BCUT2D eigenvalue weighted by atomic mass is 9.92. The van der Waals surface area contributed by atoms with Crippen molar-refractivity contribution in [3.8, 4) is 17.2 Å². The number of esters is 1. The molecule has 1 aromatic heterocycles. The minimum Gasteiger partial charge on any atom is -0.508 e. The molecule has 0 saturated carbocycles. The Morgan fingerprint density at radius 2 is 1.81 bits per heavy atom. The molecule has 0 radical (unpaired) electrons. The van der Waals surface area contributed by atoms with E-state index < -0.39 is 23.1 Å².